The van der Waals surface area contributed by atoms with Crippen LogP contribution in [0.2, 0.25) is 0 Å². The first-order chi connectivity index (χ1) is 10.6. The minimum absolute atomic E-state index is 0.0915. The largest absolute Gasteiger partial charge is 0.507 e. The molecule has 2 rings (SSSR count). The predicted octanol–water partition coefficient (Wildman–Crippen LogP) is 2.65. The van der Waals surface area contributed by atoms with E-state index >= 15 is 0 Å². The van der Waals surface area contributed by atoms with E-state index in [9.17, 15) is 14.7 Å². The van der Waals surface area contributed by atoms with Crippen LogP contribution in [-0.2, 0) is 9.53 Å². The molecule has 1 aromatic carbocycles. The van der Waals surface area contributed by atoms with Crippen molar-refractivity contribution in [1.82, 2.24) is 4.90 Å². The second-order valence-corrected chi connectivity index (χ2v) is 5.70. The fourth-order valence-electron chi connectivity index (χ4n) is 2.62. The fraction of sp³-hybridized carbons (Fsp3) is 0.529. The van der Waals surface area contributed by atoms with Crippen molar-refractivity contribution in [1.29, 1.82) is 0 Å². The molecular formula is C17H23NO4. The number of benzene rings is 1. The van der Waals surface area contributed by atoms with Gasteiger partial charge in [0.2, 0.25) is 0 Å². The maximum atomic E-state index is 12.1. The molecule has 0 aliphatic carbocycles. The van der Waals surface area contributed by atoms with Gasteiger partial charge < -0.3 is 14.7 Å². The molecule has 1 saturated heterocycles. The number of para-hydroxylation sites is 1. The average molecular weight is 305 g/mol. The molecule has 0 atom stereocenters. The third-order valence-corrected chi connectivity index (χ3v) is 3.99. The highest BCUT2D eigenvalue weighted by molar-refractivity contribution is 5.94. The second-order valence-electron chi connectivity index (χ2n) is 5.70. The normalized spacial score (nSPS) is 15.8. The molecule has 22 heavy (non-hydrogen) atoms. The molecule has 1 aliphatic rings. The van der Waals surface area contributed by atoms with E-state index in [1.165, 1.54) is 12.5 Å². The van der Waals surface area contributed by atoms with E-state index in [2.05, 4.69) is 0 Å². The lowest BCUT2D eigenvalue weighted by atomic mass is 10.1. The summed E-state index contributed by atoms with van der Waals surface area (Å²) in [6.45, 7) is 2.89. The van der Waals surface area contributed by atoms with Crippen LogP contribution in [0.5, 0.6) is 5.75 Å². The van der Waals surface area contributed by atoms with Crippen molar-refractivity contribution in [2.24, 2.45) is 0 Å². The molecule has 1 amide bonds. The summed E-state index contributed by atoms with van der Waals surface area (Å²) in [5.74, 6) is -0.921. The average Bonchev–Trinajstić information content (AvgIpc) is 2.47. The molecule has 5 heteroatoms. The van der Waals surface area contributed by atoms with Crippen molar-refractivity contribution < 1.29 is 19.4 Å². The van der Waals surface area contributed by atoms with Crippen LogP contribution >= 0.6 is 0 Å². The van der Waals surface area contributed by atoms with E-state index in [4.69, 9.17) is 4.74 Å². The van der Waals surface area contributed by atoms with Crippen molar-refractivity contribution in [3.63, 3.8) is 0 Å². The van der Waals surface area contributed by atoms with Gasteiger partial charge in [-0.1, -0.05) is 31.4 Å². The van der Waals surface area contributed by atoms with Crippen LogP contribution in [0.1, 0.15) is 48.0 Å². The lowest BCUT2D eigenvalue weighted by Crippen LogP contribution is -2.36. The maximum Gasteiger partial charge on any atom is 0.342 e. The zero-order valence-corrected chi connectivity index (χ0v) is 13.0. The number of hydrogen-bond acceptors (Lipinski definition) is 4. The second kappa shape index (κ2) is 7.82. The van der Waals surface area contributed by atoms with E-state index in [1.807, 2.05) is 0 Å². The Kier molecular flexibility index (Phi) is 5.81. The van der Waals surface area contributed by atoms with Crippen molar-refractivity contribution >= 4 is 11.9 Å². The van der Waals surface area contributed by atoms with Gasteiger partial charge in [-0.2, -0.15) is 0 Å². The predicted molar refractivity (Wildman–Crippen MR) is 82.8 cm³/mol. The van der Waals surface area contributed by atoms with Crippen molar-refractivity contribution in [3.8, 4) is 5.75 Å². The van der Waals surface area contributed by atoms with Crippen LogP contribution in [0.3, 0.4) is 0 Å². The van der Waals surface area contributed by atoms with Gasteiger partial charge in [0.15, 0.2) is 6.61 Å². The zero-order chi connectivity index (χ0) is 15.9. The van der Waals surface area contributed by atoms with Crippen LogP contribution in [0, 0.1) is 6.92 Å². The molecular weight excluding hydrogens is 282 g/mol. The third-order valence-electron chi connectivity index (χ3n) is 3.99. The summed E-state index contributed by atoms with van der Waals surface area (Å²) in [5.41, 5.74) is 0.699. The highest BCUT2D eigenvalue weighted by Gasteiger charge is 2.19. The quantitative estimate of drug-likeness (QED) is 0.872. The van der Waals surface area contributed by atoms with Gasteiger partial charge in [-0.25, -0.2) is 4.79 Å². The molecule has 1 heterocycles. The van der Waals surface area contributed by atoms with E-state index in [-0.39, 0.29) is 23.8 Å². The van der Waals surface area contributed by atoms with Gasteiger partial charge in [0.05, 0.1) is 0 Å². The Balaban J connectivity index is 1.89. The van der Waals surface area contributed by atoms with Crippen LogP contribution < -0.4 is 0 Å². The highest BCUT2D eigenvalue weighted by Crippen LogP contribution is 2.22. The van der Waals surface area contributed by atoms with Crippen LogP contribution in [-0.4, -0.2) is 41.6 Å². The molecule has 1 aromatic rings. The summed E-state index contributed by atoms with van der Waals surface area (Å²) < 4.78 is 5.06. The van der Waals surface area contributed by atoms with Crippen molar-refractivity contribution in [3.05, 3.63) is 29.3 Å². The van der Waals surface area contributed by atoms with E-state index < -0.39 is 5.97 Å². The SMILES string of the molecule is Cc1cccc(C(=O)OCC(=O)N2CCCCCCC2)c1O. The molecule has 1 N–H and O–H groups in total. The van der Waals surface area contributed by atoms with Crippen molar-refractivity contribution in [2.75, 3.05) is 19.7 Å². The molecule has 0 spiro atoms. The molecule has 1 aliphatic heterocycles. The Morgan fingerprint density at radius 2 is 1.77 bits per heavy atom. The number of esters is 1. The summed E-state index contributed by atoms with van der Waals surface area (Å²) in [6.07, 6.45) is 5.50. The molecule has 0 radical (unpaired) electrons. The first-order valence-corrected chi connectivity index (χ1v) is 7.83. The van der Waals surface area contributed by atoms with Gasteiger partial charge in [0.1, 0.15) is 11.3 Å². The van der Waals surface area contributed by atoms with Crippen LogP contribution in [0.15, 0.2) is 18.2 Å². The number of carbonyl (C=O) groups is 2. The van der Waals surface area contributed by atoms with E-state index in [0.717, 1.165) is 38.8 Å². The summed E-state index contributed by atoms with van der Waals surface area (Å²) in [6, 6.07) is 4.87. The van der Waals surface area contributed by atoms with Crippen molar-refractivity contribution in [2.45, 2.75) is 39.0 Å². The Labute approximate surface area is 130 Å². The molecule has 0 bridgehead atoms. The zero-order valence-electron chi connectivity index (χ0n) is 13.0. The monoisotopic (exact) mass is 305 g/mol. The number of aryl methyl sites for hydroxylation is 1. The molecule has 0 saturated carbocycles. The number of hydrogen-bond donors (Lipinski definition) is 1. The maximum absolute atomic E-state index is 12.1. The lowest BCUT2D eigenvalue weighted by Gasteiger charge is -2.24. The minimum Gasteiger partial charge on any atom is -0.507 e. The number of amides is 1. The topological polar surface area (TPSA) is 66.8 Å². The molecule has 0 unspecified atom stereocenters. The third kappa shape index (κ3) is 4.23. The van der Waals surface area contributed by atoms with E-state index in [1.54, 1.807) is 24.0 Å². The number of nitrogens with zero attached hydrogens (tertiary/aromatic N) is 1. The Bertz CT molecular complexity index is 533. The first kappa shape index (κ1) is 16.3. The van der Waals surface area contributed by atoms with Gasteiger partial charge in [-0.05, 0) is 31.4 Å². The van der Waals surface area contributed by atoms with Gasteiger partial charge in [-0.3, -0.25) is 4.79 Å². The Morgan fingerprint density at radius 3 is 2.45 bits per heavy atom. The van der Waals surface area contributed by atoms with Gasteiger partial charge in [0, 0.05) is 13.1 Å². The highest BCUT2D eigenvalue weighted by atomic mass is 16.5. The number of phenolic OH excluding ortho intramolecular Hbond substituents is 1. The number of aromatic hydroxyl groups is 1. The molecule has 0 aromatic heterocycles. The molecule has 5 nitrogen and oxygen atoms in total. The Morgan fingerprint density at radius 1 is 1.14 bits per heavy atom. The van der Waals surface area contributed by atoms with Crippen LogP contribution in [0.4, 0.5) is 0 Å². The van der Waals surface area contributed by atoms with Gasteiger partial charge in [0.25, 0.3) is 5.91 Å². The Hall–Kier alpha value is -2.04. The number of phenols is 1. The first-order valence-electron chi connectivity index (χ1n) is 7.83. The number of rotatable bonds is 3. The fourth-order valence-corrected chi connectivity index (χ4v) is 2.62. The summed E-state index contributed by atoms with van der Waals surface area (Å²) in [7, 11) is 0. The standard InChI is InChI=1S/C17H23NO4/c1-13-8-7-9-14(16(13)20)17(21)22-12-15(19)18-10-5-3-2-4-6-11-18/h7-9,20H,2-6,10-12H2,1H3. The molecule has 120 valence electrons. The van der Waals surface area contributed by atoms with Gasteiger partial charge >= 0.3 is 5.97 Å². The van der Waals surface area contributed by atoms with E-state index in [0.29, 0.717) is 5.56 Å². The molecule has 1 fully saturated rings. The number of carbonyl (C=O) groups excluding carboxylic acids is 2. The summed E-state index contributed by atoms with van der Waals surface area (Å²) in [4.78, 5) is 25.9. The smallest absolute Gasteiger partial charge is 0.342 e. The summed E-state index contributed by atoms with van der Waals surface area (Å²) in [5, 5.41) is 9.85. The number of likely N-dealkylation sites (tertiary alicyclic amines) is 1. The van der Waals surface area contributed by atoms with Crippen LogP contribution in [0.25, 0.3) is 0 Å². The minimum atomic E-state index is -0.665. The number of ether oxygens (including phenoxy) is 1. The lowest BCUT2D eigenvalue weighted by molar-refractivity contribution is -0.134. The summed E-state index contributed by atoms with van der Waals surface area (Å²) >= 11 is 0. The van der Waals surface area contributed by atoms with Gasteiger partial charge in [-0.15, -0.1) is 0 Å².